The predicted molar refractivity (Wildman–Crippen MR) is 144 cm³/mol. The van der Waals surface area contributed by atoms with Crippen molar-refractivity contribution in [1.82, 2.24) is 5.32 Å². The van der Waals surface area contributed by atoms with Crippen LogP contribution in [0.3, 0.4) is 0 Å². The summed E-state index contributed by atoms with van der Waals surface area (Å²) < 4.78 is 0. The van der Waals surface area contributed by atoms with Crippen molar-refractivity contribution in [3.8, 4) is 0 Å². The van der Waals surface area contributed by atoms with Crippen LogP contribution in [-0.4, -0.2) is 35.7 Å². The van der Waals surface area contributed by atoms with Gasteiger partial charge in [-0.3, -0.25) is 14.4 Å². The maximum absolute atomic E-state index is 14.3. The second-order valence-corrected chi connectivity index (χ2v) is 15.0. The molecule has 2 N–H and O–H groups in total. The molecule has 0 aromatic rings. The molecule has 5 aliphatic rings. The first-order valence-electron chi connectivity index (χ1n) is 14.5. The summed E-state index contributed by atoms with van der Waals surface area (Å²) in [6.45, 7) is 15.8. The molecule has 0 aliphatic heterocycles. The van der Waals surface area contributed by atoms with Crippen LogP contribution in [0.4, 0.5) is 0 Å². The zero-order valence-corrected chi connectivity index (χ0v) is 24.0. The van der Waals surface area contributed by atoms with E-state index >= 15 is 0 Å². The lowest BCUT2D eigenvalue weighted by Crippen LogP contribution is -2.64. The zero-order valence-electron chi connectivity index (χ0n) is 24.0. The minimum atomic E-state index is -0.525. The largest absolute Gasteiger partial charge is 0.395 e. The highest BCUT2D eigenvalue weighted by Crippen LogP contribution is 2.74. The average molecular weight is 510 g/mol. The van der Waals surface area contributed by atoms with E-state index in [1.807, 2.05) is 6.08 Å². The van der Waals surface area contributed by atoms with Crippen LogP contribution < -0.4 is 5.32 Å². The van der Waals surface area contributed by atoms with Crippen LogP contribution in [0.1, 0.15) is 93.4 Å². The molecule has 0 saturated heterocycles. The van der Waals surface area contributed by atoms with Gasteiger partial charge in [-0.15, -0.1) is 0 Å². The third-order valence-electron chi connectivity index (χ3n) is 12.8. The van der Waals surface area contributed by atoms with Gasteiger partial charge in [0.05, 0.1) is 6.61 Å². The first kappa shape index (κ1) is 26.8. The van der Waals surface area contributed by atoms with Gasteiger partial charge in [0.15, 0.2) is 11.6 Å². The third-order valence-corrected chi connectivity index (χ3v) is 12.8. The van der Waals surface area contributed by atoms with Crippen LogP contribution in [0.5, 0.6) is 0 Å². The number of aliphatic hydroxyl groups is 1. The molecule has 5 rings (SSSR count). The highest BCUT2D eigenvalue weighted by atomic mass is 16.3. The van der Waals surface area contributed by atoms with Crippen molar-refractivity contribution in [3.05, 3.63) is 23.8 Å². The van der Waals surface area contributed by atoms with Gasteiger partial charge in [-0.05, 0) is 85.2 Å². The molecule has 0 bridgehead atoms. The van der Waals surface area contributed by atoms with Crippen LogP contribution in [0.25, 0.3) is 0 Å². The lowest BCUT2D eigenvalue weighted by atomic mass is 9.34. The SMILES string of the molecule is CC1(C(=O)NCCO)CCC2(C)CCC3(C)C(C(=O)C=C4C5(C)C=CC(=O)C(C)(C)C5CCC43C)C2C1. The smallest absolute Gasteiger partial charge is 0.226 e. The normalized spacial score (nSPS) is 48.2. The maximum atomic E-state index is 14.3. The summed E-state index contributed by atoms with van der Waals surface area (Å²) in [4.78, 5) is 40.4. The Bertz CT molecular complexity index is 1100. The van der Waals surface area contributed by atoms with E-state index in [1.54, 1.807) is 6.08 Å². The molecule has 3 saturated carbocycles. The first-order valence-corrected chi connectivity index (χ1v) is 14.5. The van der Waals surface area contributed by atoms with Crippen LogP contribution in [-0.2, 0) is 14.4 Å². The van der Waals surface area contributed by atoms with Crippen LogP contribution in [0.2, 0.25) is 0 Å². The maximum Gasteiger partial charge on any atom is 0.226 e. The average Bonchev–Trinajstić information content (AvgIpc) is 2.83. The van der Waals surface area contributed by atoms with Gasteiger partial charge in [0, 0.05) is 28.7 Å². The predicted octanol–water partition coefficient (Wildman–Crippen LogP) is 5.42. The van der Waals surface area contributed by atoms with E-state index in [9.17, 15) is 19.5 Å². The van der Waals surface area contributed by atoms with E-state index in [0.29, 0.717) is 6.42 Å². The van der Waals surface area contributed by atoms with Gasteiger partial charge in [-0.2, -0.15) is 0 Å². The van der Waals surface area contributed by atoms with Crippen molar-refractivity contribution in [2.24, 2.45) is 50.2 Å². The molecule has 8 unspecified atom stereocenters. The Morgan fingerprint density at radius 3 is 2.35 bits per heavy atom. The highest BCUT2D eigenvalue weighted by molar-refractivity contribution is 5.98. The third kappa shape index (κ3) is 3.41. The molecule has 5 heteroatoms. The van der Waals surface area contributed by atoms with Crippen LogP contribution in [0, 0.1) is 50.2 Å². The molecule has 0 aromatic carbocycles. The fourth-order valence-electron chi connectivity index (χ4n) is 10.0. The number of amides is 1. The molecular formula is C32H47NO4. The fourth-order valence-corrected chi connectivity index (χ4v) is 10.0. The Labute approximate surface area is 222 Å². The summed E-state index contributed by atoms with van der Waals surface area (Å²) in [5, 5.41) is 12.2. The summed E-state index contributed by atoms with van der Waals surface area (Å²) >= 11 is 0. The van der Waals surface area contributed by atoms with Gasteiger partial charge in [-0.25, -0.2) is 0 Å². The Morgan fingerprint density at radius 1 is 1.00 bits per heavy atom. The number of carbonyl (C=O) groups is 3. The van der Waals surface area contributed by atoms with Crippen molar-refractivity contribution >= 4 is 17.5 Å². The second-order valence-electron chi connectivity index (χ2n) is 15.0. The molecule has 0 heterocycles. The highest BCUT2D eigenvalue weighted by Gasteiger charge is 2.69. The van der Waals surface area contributed by atoms with Crippen molar-refractivity contribution in [1.29, 1.82) is 0 Å². The molecule has 5 aliphatic carbocycles. The second kappa shape index (κ2) is 8.13. The van der Waals surface area contributed by atoms with E-state index in [0.717, 1.165) is 38.5 Å². The zero-order chi connectivity index (χ0) is 27.2. The molecule has 3 fully saturated rings. The lowest BCUT2D eigenvalue weighted by molar-refractivity contribution is -0.172. The molecule has 37 heavy (non-hydrogen) atoms. The molecule has 8 atom stereocenters. The minimum absolute atomic E-state index is 0.00818. The summed E-state index contributed by atoms with van der Waals surface area (Å²) in [7, 11) is 0. The lowest BCUT2D eigenvalue weighted by Gasteiger charge is -2.69. The van der Waals surface area contributed by atoms with Gasteiger partial charge in [0.2, 0.25) is 5.91 Å². The topological polar surface area (TPSA) is 83.5 Å². The van der Waals surface area contributed by atoms with Gasteiger partial charge >= 0.3 is 0 Å². The molecule has 5 nitrogen and oxygen atoms in total. The number of hydrogen-bond acceptors (Lipinski definition) is 4. The molecular weight excluding hydrogens is 462 g/mol. The van der Waals surface area contributed by atoms with Crippen LogP contribution in [0.15, 0.2) is 23.8 Å². The minimum Gasteiger partial charge on any atom is -0.395 e. The number of nitrogens with one attached hydrogen (secondary N) is 1. The Kier molecular flexibility index (Phi) is 5.90. The monoisotopic (exact) mass is 509 g/mol. The number of aliphatic hydroxyl groups excluding tert-OH is 1. The molecule has 0 radical (unpaired) electrons. The van der Waals surface area contributed by atoms with E-state index in [-0.39, 0.29) is 70.0 Å². The van der Waals surface area contributed by atoms with E-state index in [2.05, 4.69) is 59.9 Å². The van der Waals surface area contributed by atoms with Crippen molar-refractivity contribution in [2.45, 2.75) is 93.4 Å². The summed E-state index contributed by atoms with van der Waals surface area (Å²) in [6, 6.07) is 0. The van der Waals surface area contributed by atoms with Gasteiger partial charge in [-0.1, -0.05) is 60.1 Å². The summed E-state index contributed by atoms with van der Waals surface area (Å²) in [6.07, 6.45) is 12.4. The summed E-state index contributed by atoms with van der Waals surface area (Å²) in [5.41, 5.74) is -0.302. The van der Waals surface area contributed by atoms with E-state index < -0.39 is 10.8 Å². The van der Waals surface area contributed by atoms with Gasteiger partial charge in [0.1, 0.15) is 0 Å². The van der Waals surface area contributed by atoms with Crippen molar-refractivity contribution in [3.63, 3.8) is 0 Å². The Balaban J connectivity index is 1.58. The van der Waals surface area contributed by atoms with Crippen LogP contribution >= 0.6 is 0 Å². The van der Waals surface area contributed by atoms with E-state index in [4.69, 9.17) is 0 Å². The number of hydrogen-bond donors (Lipinski definition) is 2. The number of ketones is 2. The van der Waals surface area contributed by atoms with Gasteiger partial charge in [0.25, 0.3) is 0 Å². The number of rotatable bonds is 3. The Morgan fingerprint density at radius 2 is 1.68 bits per heavy atom. The van der Waals surface area contributed by atoms with Gasteiger partial charge < -0.3 is 10.4 Å². The van der Waals surface area contributed by atoms with Crippen molar-refractivity contribution in [2.75, 3.05) is 13.2 Å². The Hall–Kier alpha value is -1.75. The number of allylic oxidation sites excluding steroid dienone is 4. The standard InChI is InChI=1S/C32H47NO4/c1-27(2)22-8-11-31(6)23(30(22,5)10-9-24(27)36)18-21(35)25-20-19-29(4,26(37)33-16-17-34)13-12-28(20,3)14-15-32(25,31)7/h9-10,18,20,22,25,34H,8,11-17,19H2,1-7H3,(H,33,37). The van der Waals surface area contributed by atoms with E-state index in [1.165, 1.54) is 5.57 Å². The molecule has 1 amide bonds. The van der Waals surface area contributed by atoms with Crippen molar-refractivity contribution < 1.29 is 19.5 Å². The quantitative estimate of drug-likeness (QED) is 0.532. The molecule has 0 spiro atoms. The molecule has 204 valence electrons. The fraction of sp³-hybridized carbons (Fsp3) is 0.781. The molecule has 0 aromatic heterocycles. The first-order chi connectivity index (χ1) is 17.1. The number of fused-ring (bicyclic) bond motifs is 7. The number of carbonyl (C=O) groups excluding carboxylic acids is 3. The summed E-state index contributed by atoms with van der Waals surface area (Å²) in [5.74, 6) is 0.668.